The number of benzene rings is 1. The van der Waals surface area contributed by atoms with Gasteiger partial charge < -0.3 is 5.11 Å². The van der Waals surface area contributed by atoms with Gasteiger partial charge in [-0.15, -0.1) is 0 Å². The highest BCUT2D eigenvalue weighted by Crippen LogP contribution is 2.27. The van der Waals surface area contributed by atoms with Gasteiger partial charge in [0.05, 0.1) is 6.10 Å². The summed E-state index contributed by atoms with van der Waals surface area (Å²) < 4.78 is 0. The van der Waals surface area contributed by atoms with Gasteiger partial charge in [0, 0.05) is 0 Å². The molecular weight excluding hydrogens is 196 g/mol. The Kier molecular flexibility index (Phi) is 4.00. The quantitative estimate of drug-likeness (QED) is 0.825. The van der Waals surface area contributed by atoms with Gasteiger partial charge in [0.15, 0.2) is 0 Å². The van der Waals surface area contributed by atoms with Crippen molar-refractivity contribution in [3.05, 3.63) is 35.4 Å². The van der Waals surface area contributed by atoms with E-state index in [2.05, 4.69) is 31.2 Å². The molecule has 0 saturated heterocycles. The lowest BCUT2D eigenvalue weighted by Gasteiger charge is -2.25. The maximum absolute atomic E-state index is 9.46. The van der Waals surface area contributed by atoms with Crippen molar-refractivity contribution in [2.24, 2.45) is 5.92 Å². The summed E-state index contributed by atoms with van der Waals surface area (Å²) >= 11 is 0. The molecule has 1 N–H and O–H groups in total. The van der Waals surface area contributed by atoms with Crippen LogP contribution in [0.25, 0.3) is 0 Å². The SMILES string of the molecule is CCc1ccc(CC2CCC(O)CC2)cc1. The Morgan fingerprint density at radius 2 is 1.56 bits per heavy atom. The number of hydrogen-bond acceptors (Lipinski definition) is 1. The molecule has 1 nitrogen and oxygen atoms in total. The summed E-state index contributed by atoms with van der Waals surface area (Å²) in [4.78, 5) is 0. The maximum Gasteiger partial charge on any atom is 0.0540 e. The number of rotatable bonds is 3. The summed E-state index contributed by atoms with van der Waals surface area (Å²) in [5.41, 5.74) is 2.88. The van der Waals surface area contributed by atoms with Gasteiger partial charge in [-0.05, 0) is 55.6 Å². The molecule has 0 aromatic heterocycles. The first-order valence-corrected chi connectivity index (χ1v) is 6.54. The molecule has 0 heterocycles. The Morgan fingerprint density at radius 3 is 2.12 bits per heavy atom. The molecule has 16 heavy (non-hydrogen) atoms. The summed E-state index contributed by atoms with van der Waals surface area (Å²) in [6.45, 7) is 2.19. The van der Waals surface area contributed by atoms with Crippen LogP contribution >= 0.6 is 0 Å². The number of aliphatic hydroxyl groups is 1. The number of aryl methyl sites for hydroxylation is 1. The summed E-state index contributed by atoms with van der Waals surface area (Å²) in [7, 11) is 0. The summed E-state index contributed by atoms with van der Waals surface area (Å²) in [5, 5.41) is 9.46. The van der Waals surface area contributed by atoms with Crippen LogP contribution in [0.15, 0.2) is 24.3 Å². The molecule has 0 amide bonds. The van der Waals surface area contributed by atoms with Crippen molar-refractivity contribution in [3.63, 3.8) is 0 Å². The monoisotopic (exact) mass is 218 g/mol. The second-order valence-electron chi connectivity index (χ2n) is 5.05. The van der Waals surface area contributed by atoms with E-state index in [1.54, 1.807) is 0 Å². The van der Waals surface area contributed by atoms with E-state index in [0.717, 1.165) is 25.2 Å². The van der Waals surface area contributed by atoms with Crippen LogP contribution in [-0.2, 0) is 12.8 Å². The minimum atomic E-state index is -0.0290. The molecule has 88 valence electrons. The molecule has 1 aliphatic carbocycles. The molecule has 2 rings (SSSR count). The maximum atomic E-state index is 9.46. The molecule has 1 saturated carbocycles. The third kappa shape index (κ3) is 3.08. The normalized spacial score (nSPS) is 25.6. The topological polar surface area (TPSA) is 20.2 Å². The average molecular weight is 218 g/mol. The van der Waals surface area contributed by atoms with E-state index in [0.29, 0.717) is 0 Å². The van der Waals surface area contributed by atoms with Crippen LogP contribution in [0.4, 0.5) is 0 Å². The van der Waals surface area contributed by atoms with Gasteiger partial charge in [0.2, 0.25) is 0 Å². The average Bonchev–Trinajstić information content (AvgIpc) is 2.33. The van der Waals surface area contributed by atoms with E-state index in [1.807, 2.05) is 0 Å². The van der Waals surface area contributed by atoms with Crippen molar-refractivity contribution in [2.75, 3.05) is 0 Å². The van der Waals surface area contributed by atoms with Crippen molar-refractivity contribution >= 4 is 0 Å². The van der Waals surface area contributed by atoms with Crippen LogP contribution in [0, 0.1) is 5.92 Å². The number of hydrogen-bond donors (Lipinski definition) is 1. The van der Waals surface area contributed by atoms with Gasteiger partial charge >= 0.3 is 0 Å². The standard InChI is InChI=1S/C15H22O/c1-2-12-3-5-13(6-4-12)11-14-7-9-15(16)10-8-14/h3-6,14-16H,2,7-11H2,1H3. The third-order valence-electron chi connectivity index (χ3n) is 3.77. The predicted molar refractivity (Wildman–Crippen MR) is 67.5 cm³/mol. The first kappa shape index (κ1) is 11.7. The molecule has 1 aliphatic rings. The Labute approximate surface area is 98.5 Å². The van der Waals surface area contributed by atoms with Crippen LogP contribution < -0.4 is 0 Å². The second kappa shape index (κ2) is 5.49. The van der Waals surface area contributed by atoms with E-state index >= 15 is 0 Å². The Balaban J connectivity index is 1.88. The lowest BCUT2D eigenvalue weighted by atomic mass is 9.83. The Morgan fingerprint density at radius 1 is 1.00 bits per heavy atom. The van der Waals surface area contributed by atoms with Crippen molar-refractivity contribution in [2.45, 2.75) is 51.6 Å². The molecule has 0 bridgehead atoms. The lowest BCUT2D eigenvalue weighted by molar-refractivity contribution is 0.109. The van der Waals surface area contributed by atoms with E-state index in [-0.39, 0.29) is 6.10 Å². The van der Waals surface area contributed by atoms with Crippen molar-refractivity contribution in [1.29, 1.82) is 0 Å². The predicted octanol–water partition coefficient (Wildman–Crippen LogP) is 3.34. The molecular formula is C15H22O. The van der Waals surface area contributed by atoms with Gasteiger partial charge in [-0.3, -0.25) is 0 Å². The van der Waals surface area contributed by atoms with E-state index in [9.17, 15) is 5.11 Å². The minimum absolute atomic E-state index is 0.0290. The zero-order valence-corrected chi connectivity index (χ0v) is 10.2. The van der Waals surface area contributed by atoms with Gasteiger partial charge in [-0.25, -0.2) is 0 Å². The minimum Gasteiger partial charge on any atom is -0.393 e. The van der Waals surface area contributed by atoms with E-state index in [1.165, 1.54) is 30.4 Å². The summed E-state index contributed by atoms with van der Waals surface area (Å²) in [6.07, 6.45) is 6.66. The van der Waals surface area contributed by atoms with Gasteiger partial charge in [0.1, 0.15) is 0 Å². The van der Waals surface area contributed by atoms with Crippen LogP contribution in [-0.4, -0.2) is 11.2 Å². The second-order valence-corrected chi connectivity index (χ2v) is 5.05. The fourth-order valence-electron chi connectivity index (χ4n) is 2.59. The van der Waals surface area contributed by atoms with Crippen molar-refractivity contribution in [3.8, 4) is 0 Å². The highest BCUT2D eigenvalue weighted by atomic mass is 16.3. The molecule has 1 aromatic rings. The van der Waals surface area contributed by atoms with Gasteiger partial charge in [-0.2, -0.15) is 0 Å². The molecule has 1 fully saturated rings. The summed E-state index contributed by atoms with van der Waals surface area (Å²) in [5.74, 6) is 0.788. The third-order valence-corrected chi connectivity index (χ3v) is 3.77. The van der Waals surface area contributed by atoms with Crippen LogP contribution in [0.5, 0.6) is 0 Å². The van der Waals surface area contributed by atoms with Gasteiger partial charge in [-0.1, -0.05) is 31.2 Å². The number of aliphatic hydroxyl groups excluding tert-OH is 1. The lowest BCUT2D eigenvalue weighted by Crippen LogP contribution is -2.19. The molecule has 0 unspecified atom stereocenters. The first-order valence-electron chi connectivity index (χ1n) is 6.54. The van der Waals surface area contributed by atoms with E-state index in [4.69, 9.17) is 0 Å². The first-order chi connectivity index (χ1) is 7.78. The highest BCUT2D eigenvalue weighted by Gasteiger charge is 2.19. The van der Waals surface area contributed by atoms with Gasteiger partial charge in [0.25, 0.3) is 0 Å². The molecule has 1 aromatic carbocycles. The largest absolute Gasteiger partial charge is 0.393 e. The zero-order chi connectivity index (χ0) is 11.4. The molecule has 0 spiro atoms. The smallest absolute Gasteiger partial charge is 0.0540 e. The molecule has 0 radical (unpaired) electrons. The van der Waals surface area contributed by atoms with Crippen molar-refractivity contribution in [1.82, 2.24) is 0 Å². The Bertz CT molecular complexity index is 307. The zero-order valence-electron chi connectivity index (χ0n) is 10.2. The van der Waals surface area contributed by atoms with Crippen LogP contribution in [0.3, 0.4) is 0 Å². The Hall–Kier alpha value is -0.820. The van der Waals surface area contributed by atoms with E-state index < -0.39 is 0 Å². The molecule has 0 atom stereocenters. The fourth-order valence-corrected chi connectivity index (χ4v) is 2.59. The van der Waals surface area contributed by atoms with Crippen LogP contribution in [0.1, 0.15) is 43.7 Å². The molecule has 0 aliphatic heterocycles. The molecule has 1 heteroatoms. The fraction of sp³-hybridized carbons (Fsp3) is 0.600. The van der Waals surface area contributed by atoms with Crippen LogP contribution in [0.2, 0.25) is 0 Å². The summed E-state index contributed by atoms with van der Waals surface area (Å²) in [6, 6.07) is 9.02. The van der Waals surface area contributed by atoms with Crippen molar-refractivity contribution < 1.29 is 5.11 Å². The highest BCUT2D eigenvalue weighted by molar-refractivity contribution is 5.22.